The largest absolute Gasteiger partial charge is 0.469 e. The van der Waals surface area contributed by atoms with Crippen LogP contribution in [0.5, 0.6) is 5.75 Å². The number of carbonyl (C=O) groups excluding carboxylic acids is 3. The van der Waals surface area contributed by atoms with Crippen molar-refractivity contribution in [2.45, 2.75) is 69.9 Å². The Labute approximate surface area is 319 Å². The number of nitrogens with one attached hydrogen (secondary N) is 4. The van der Waals surface area contributed by atoms with Crippen molar-refractivity contribution in [3.05, 3.63) is 148 Å². The average Bonchev–Trinajstić information content (AvgIpc) is 3.86. The third-order valence-electron chi connectivity index (χ3n) is 11.0. The summed E-state index contributed by atoms with van der Waals surface area (Å²) in [6.07, 6.45) is -1.85. The van der Waals surface area contributed by atoms with Gasteiger partial charge in [-0.25, -0.2) is 4.98 Å². The molecule has 0 fully saturated rings. The number of anilines is 1. The highest BCUT2D eigenvalue weighted by Crippen LogP contribution is 2.58. The third-order valence-corrected chi connectivity index (χ3v) is 11.0. The minimum Gasteiger partial charge on any atom is -0.469 e. The van der Waals surface area contributed by atoms with Gasteiger partial charge in [-0.1, -0.05) is 119 Å². The highest BCUT2D eigenvalue weighted by Gasteiger charge is 2.61. The number of hydrogen-bond donors (Lipinski definition) is 5. The first-order valence-corrected chi connectivity index (χ1v) is 18.9. The van der Waals surface area contributed by atoms with E-state index in [1.807, 2.05) is 92.7 Å². The molecule has 282 valence electrons. The number of benzene rings is 4. The van der Waals surface area contributed by atoms with E-state index in [4.69, 9.17) is 14.1 Å². The molecule has 1 spiro atoms. The monoisotopic (exact) mass is 739 g/mol. The van der Waals surface area contributed by atoms with Crippen LogP contribution in [-0.4, -0.2) is 52.7 Å². The molecule has 0 saturated carbocycles. The standard InChI is InChI=1S/C44H45N5O6/c1-24(2)35-42-49-36(40(52)45-23-29(27-13-7-5-8-14-27)28-15-9-6-10-16-28)38(55-42)44-30-17-11-12-18-32(30)47-43(44)54-34-20-19-26(21-31(34)44)22-33(39(51)48-35)46-41(53)37(50)25(3)4/h5-21,24-25,29,33,35,37,43,47,50H,22-23H2,1-4H3,(H,45,52)(H,46,53)(H,48,51)/t33-,35-,37?,43?,44?/m0/s1. The van der Waals surface area contributed by atoms with Gasteiger partial charge in [-0.2, -0.15) is 0 Å². The molecule has 3 unspecified atom stereocenters. The van der Waals surface area contributed by atoms with Crippen molar-refractivity contribution in [3.8, 4) is 5.75 Å². The van der Waals surface area contributed by atoms with Crippen LogP contribution in [0.2, 0.25) is 0 Å². The number of aliphatic hydroxyl groups is 1. The lowest BCUT2D eigenvalue weighted by Gasteiger charge is -2.29. The van der Waals surface area contributed by atoms with Gasteiger partial charge in [0.05, 0.1) is 0 Å². The van der Waals surface area contributed by atoms with E-state index in [2.05, 4.69) is 45.5 Å². The van der Waals surface area contributed by atoms with Crippen LogP contribution >= 0.6 is 0 Å². The lowest BCUT2D eigenvalue weighted by Crippen LogP contribution is -2.52. The highest BCUT2D eigenvalue weighted by molar-refractivity contribution is 5.95. The lowest BCUT2D eigenvalue weighted by atomic mass is 9.72. The Balaban J connectivity index is 1.27. The molecule has 3 amide bonds. The highest BCUT2D eigenvalue weighted by atomic mass is 16.5. The molecule has 0 aliphatic carbocycles. The molecule has 4 heterocycles. The second-order valence-electron chi connectivity index (χ2n) is 15.3. The van der Waals surface area contributed by atoms with Crippen LogP contribution in [0.4, 0.5) is 5.69 Å². The minimum atomic E-state index is -1.30. The van der Waals surface area contributed by atoms with Gasteiger partial charge >= 0.3 is 0 Å². The molecule has 5 atom stereocenters. The van der Waals surface area contributed by atoms with Crippen molar-refractivity contribution < 1.29 is 28.6 Å². The average molecular weight is 740 g/mol. The Morgan fingerprint density at radius 3 is 2.24 bits per heavy atom. The number of fused-ring (bicyclic) bond motifs is 4. The molecular weight excluding hydrogens is 695 g/mol. The maximum Gasteiger partial charge on any atom is 0.273 e. The van der Waals surface area contributed by atoms with Gasteiger partial charge in [-0.15, -0.1) is 0 Å². The molecule has 11 heteroatoms. The summed E-state index contributed by atoms with van der Waals surface area (Å²) in [7, 11) is 0. The summed E-state index contributed by atoms with van der Waals surface area (Å²) >= 11 is 0. The van der Waals surface area contributed by atoms with Gasteiger partial charge in [-0.3, -0.25) is 14.4 Å². The predicted molar refractivity (Wildman–Crippen MR) is 207 cm³/mol. The summed E-state index contributed by atoms with van der Waals surface area (Å²) in [6.45, 7) is 7.61. The van der Waals surface area contributed by atoms with E-state index in [1.165, 1.54) is 0 Å². The summed E-state index contributed by atoms with van der Waals surface area (Å²) in [5, 5.41) is 23.2. The molecular formula is C44H45N5O6. The van der Waals surface area contributed by atoms with Crippen molar-refractivity contribution in [1.82, 2.24) is 20.9 Å². The van der Waals surface area contributed by atoms with E-state index in [0.29, 0.717) is 11.5 Å². The molecule has 5 aromatic rings. The number of amides is 3. The zero-order chi connectivity index (χ0) is 38.4. The van der Waals surface area contributed by atoms with E-state index in [-0.39, 0.29) is 42.3 Å². The van der Waals surface area contributed by atoms with Crippen LogP contribution in [-0.2, 0) is 21.4 Å². The van der Waals surface area contributed by atoms with Crippen molar-refractivity contribution in [2.75, 3.05) is 11.9 Å². The fourth-order valence-electron chi connectivity index (χ4n) is 8.09. The fourth-order valence-corrected chi connectivity index (χ4v) is 8.09. The number of rotatable bonds is 9. The number of carbonyl (C=O) groups is 3. The maximum absolute atomic E-state index is 14.7. The molecule has 55 heavy (non-hydrogen) atoms. The van der Waals surface area contributed by atoms with Crippen molar-refractivity contribution in [3.63, 3.8) is 0 Å². The van der Waals surface area contributed by atoms with Crippen molar-refractivity contribution in [2.24, 2.45) is 11.8 Å². The van der Waals surface area contributed by atoms with E-state index in [9.17, 15) is 19.5 Å². The van der Waals surface area contributed by atoms with Gasteiger partial charge in [0.25, 0.3) is 5.91 Å². The number of para-hydroxylation sites is 1. The molecule has 3 aliphatic heterocycles. The number of hydrogen-bond acceptors (Lipinski definition) is 8. The zero-order valence-corrected chi connectivity index (χ0v) is 31.2. The predicted octanol–water partition coefficient (Wildman–Crippen LogP) is 5.59. The molecule has 0 saturated heterocycles. The molecule has 5 N–H and O–H groups in total. The Hall–Kier alpha value is -5.94. The van der Waals surface area contributed by atoms with E-state index >= 15 is 0 Å². The number of aromatic nitrogens is 1. The number of oxazole rings is 1. The van der Waals surface area contributed by atoms with Gasteiger partial charge in [0.1, 0.15) is 29.4 Å². The topological polar surface area (TPSA) is 155 Å². The van der Waals surface area contributed by atoms with E-state index < -0.39 is 47.6 Å². The molecule has 3 aliphatic rings. The summed E-state index contributed by atoms with van der Waals surface area (Å²) in [5.41, 5.74) is 4.21. The minimum absolute atomic E-state index is 0.0873. The van der Waals surface area contributed by atoms with Crippen LogP contribution in [0, 0.1) is 11.8 Å². The second-order valence-corrected chi connectivity index (χ2v) is 15.3. The van der Waals surface area contributed by atoms with Gasteiger partial charge in [0, 0.05) is 30.1 Å². The summed E-state index contributed by atoms with van der Waals surface area (Å²) in [4.78, 5) is 47.0. The maximum atomic E-state index is 14.7. The number of ether oxygens (including phenoxy) is 1. The number of aliphatic hydroxyl groups excluding tert-OH is 1. The Bertz CT molecular complexity index is 2200. The fraction of sp³-hybridized carbons (Fsp3) is 0.318. The van der Waals surface area contributed by atoms with Gasteiger partial charge in [-0.05, 0) is 46.2 Å². The van der Waals surface area contributed by atoms with Crippen molar-refractivity contribution >= 4 is 23.4 Å². The molecule has 11 nitrogen and oxygen atoms in total. The first-order valence-electron chi connectivity index (χ1n) is 18.9. The molecule has 8 rings (SSSR count). The Morgan fingerprint density at radius 1 is 0.891 bits per heavy atom. The van der Waals surface area contributed by atoms with Crippen molar-refractivity contribution in [1.29, 1.82) is 0 Å². The van der Waals surface area contributed by atoms with Gasteiger partial charge < -0.3 is 35.5 Å². The molecule has 4 aromatic carbocycles. The Morgan fingerprint density at radius 2 is 1.56 bits per heavy atom. The number of nitrogens with zero attached hydrogens (tertiary/aromatic N) is 1. The van der Waals surface area contributed by atoms with Crippen LogP contribution in [0.15, 0.2) is 108 Å². The summed E-state index contributed by atoms with van der Waals surface area (Å²) < 4.78 is 13.5. The lowest BCUT2D eigenvalue weighted by molar-refractivity contribution is -0.135. The third kappa shape index (κ3) is 6.32. The van der Waals surface area contributed by atoms with E-state index in [1.54, 1.807) is 13.8 Å². The quantitative estimate of drug-likeness (QED) is 0.131. The normalized spacial score (nSPS) is 21.4. The van der Waals surface area contributed by atoms with Crippen LogP contribution < -0.4 is 26.0 Å². The zero-order valence-electron chi connectivity index (χ0n) is 31.2. The summed E-state index contributed by atoms with van der Waals surface area (Å²) in [5.74, 6) is -1.22. The van der Waals surface area contributed by atoms with E-state index in [0.717, 1.165) is 33.5 Å². The van der Waals surface area contributed by atoms with Crippen LogP contribution in [0.3, 0.4) is 0 Å². The van der Waals surface area contributed by atoms with Crippen LogP contribution in [0.25, 0.3) is 0 Å². The first kappa shape index (κ1) is 36.1. The first-order chi connectivity index (χ1) is 26.6. The van der Waals surface area contributed by atoms with Crippen LogP contribution in [0.1, 0.15) is 89.6 Å². The molecule has 4 bridgehead atoms. The van der Waals surface area contributed by atoms with Gasteiger partial charge in [0.2, 0.25) is 17.7 Å². The SMILES string of the molecule is CC(C)C(O)C(=O)N[C@H]1Cc2ccc3c(c2)C2(c4ccccc4NC2O3)c2oc(nc2C(=O)NCC(c2ccccc2)c2ccccc2)[C@H](C(C)C)NC1=O. The second kappa shape index (κ2) is 14.4. The Kier molecular flexibility index (Phi) is 9.42. The van der Waals surface area contributed by atoms with Gasteiger partial charge in [0.15, 0.2) is 17.7 Å². The smallest absolute Gasteiger partial charge is 0.273 e. The molecule has 0 radical (unpaired) electrons. The molecule has 1 aromatic heterocycles. The summed E-state index contributed by atoms with van der Waals surface area (Å²) in [6, 6.07) is 31.8.